The van der Waals surface area contributed by atoms with Crippen LogP contribution in [0.25, 0.3) is 0 Å². The molecule has 1 N–H and O–H groups in total. The molecule has 12 nitrogen and oxygen atoms in total. The number of nitrogens with zero attached hydrogens (tertiary/aromatic N) is 6. The fourth-order valence-corrected chi connectivity index (χ4v) is 7.52. The predicted molar refractivity (Wildman–Crippen MR) is 177 cm³/mol. The van der Waals surface area contributed by atoms with Gasteiger partial charge in [0.05, 0.1) is 32.3 Å². The molecule has 3 amide bonds. The third-order valence-electron chi connectivity index (χ3n) is 10.2. The molecule has 1 aromatic heterocycles. The average molecular weight is 685 g/mol. The highest BCUT2D eigenvalue weighted by atomic mass is 19.1. The van der Waals surface area contributed by atoms with E-state index >= 15 is 0 Å². The number of ether oxygens (including phenoxy) is 2. The van der Waals surface area contributed by atoms with Gasteiger partial charge in [-0.05, 0) is 69.9 Å². The number of hydrogen-bond acceptors (Lipinski definition) is 8. The van der Waals surface area contributed by atoms with E-state index in [0.717, 1.165) is 5.56 Å². The lowest BCUT2D eigenvalue weighted by Crippen LogP contribution is -2.65. The van der Waals surface area contributed by atoms with Crippen LogP contribution >= 0.6 is 0 Å². The molecule has 14 heteroatoms. The average Bonchev–Trinajstić information content (AvgIpc) is 3.50. The maximum absolute atomic E-state index is 14.4. The van der Waals surface area contributed by atoms with Crippen molar-refractivity contribution in [1.29, 1.82) is 0 Å². The molecule has 2 aromatic rings. The van der Waals surface area contributed by atoms with Crippen LogP contribution in [0.3, 0.4) is 0 Å². The maximum atomic E-state index is 14.4. The highest BCUT2D eigenvalue weighted by Gasteiger charge is 2.41. The molecule has 0 saturated carbocycles. The van der Waals surface area contributed by atoms with Crippen molar-refractivity contribution in [2.45, 2.75) is 76.9 Å². The van der Waals surface area contributed by atoms with Gasteiger partial charge in [-0.1, -0.05) is 12.1 Å². The number of carbonyl (C=O) groups is 3. The first kappa shape index (κ1) is 35.0. The number of alkyl halides is 1. The van der Waals surface area contributed by atoms with Gasteiger partial charge in [0, 0.05) is 50.3 Å². The number of hydrogen-bond donors (Lipinski definition) is 1. The minimum absolute atomic E-state index is 0.0210. The number of amides is 3. The van der Waals surface area contributed by atoms with Gasteiger partial charge in [0.2, 0.25) is 11.8 Å². The van der Waals surface area contributed by atoms with E-state index in [1.807, 2.05) is 13.8 Å². The first-order chi connectivity index (χ1) is 23.4. The van der Waals surface area contributed by atoms with E-state index in [4.69, 9.17) is 9.47 Å². The van der Waals surface area contributed by atoms with E-state index in [0.29, 0.717) is 37.6 Å². The number of carbonyl (C=O) groups excluding carboxylic acids is 2. The summed E-state index contributed by atoms with van der Waals surface area (Å²) in [6.45, 7) is 10.8. The van der Waals surface area contributed by atoms with Crippen LogP contribution in [-0.2, 0) is 16.0 Å². The van der Waals surface area contributed by atoms with E-state index in [2.05, 4.69) is 28.6 Å². The largest absolute Gasteiger partial charge is 0.474 e. The van der Waals surface area contributed by atoms with Crippen LogP contribution < -0.4 is 9.64 Å². The summed E-state index contributed by atoms with van der Waals surface area (Å²) < 4.78 is 39.6. The van der Waals surface area contributed by atoms with Crippen LogP contribution in [0.4, 0.5) is 19.3 Å². The van der Waals surface area contributed by atoms with Crippen molar-refractivity contribution in [1.82, 2.24) is 24.6 Å². The molecule has 0 radical (unpaired) electrons. The summed E-state index contributed by atoms with van der Waals surface area (Å²) in [5.41, 5.74) is 1.80. The molecule has 4 aliphatic heterocycles. The molecular formula is C35H46F2N6O6. The molecule has 49 heavy (non-hydrogen) atoms. The second-order valence-electron chi connectivity index (χ2n) is 14.0. The van der Waals surface area contributed by atoms with Gasteiger partial charge in [0.15, 0.2) is 0 Å². The number of rotatable bonds is 7. The van der Waals surface area contributed by atoms with Crippen LogP contribution in [0.2, 0.25) is 0 Å². The number of likely N-dealkylation sites (tertiary alicyclic amines) is 1. The lowest BCUT2D eigenvalue weighted by molar-refractivity contribution is -0.122. The third kappa shape index (κ3) is 7.51. The topological polar surface area (TPSA) is 119 Å². The van der Waals surface area contributed by atoms with Crippen LogP contribution in [0, 0.1) is 5.82 Å². The zero-order chi connectivity index (χ0) is 35.0. The lowest BCUT2D eigenvalue weighted by Gasteiger charge is -2.48. The van der Waals surface area contributed by atoms with Crippen LogP contribution in [0.1, 0.15) is 55.7 Å². The Labute approximate surface area is 285 Å². The fourth-order valence-electron chi connectivity index (χ4n) is 7.52. The Balaban J connectivity index is 1.31. The minimum Gasteiger partial charge on any atom is -0.474 e. The standard InChI is InChI=1S/C35H46F2N6O6/c1-21-13-40(29(16-42(21)35(46)47)15-41-22(2)18-48-19-23(41)3)17-31(44)43-24(4)20-49-33-30(43)12-26(11-25-5-7-27(36)8-6-25)32(38-33)34(45)39-10-9-28(37)14-39/h5-8,12,21-24,28-29H,9-11,13-20H2,1-4H3,(H,46,47)/t21-,22-,23-,24?,28?,29+/m1/s1. The molecular weight excluding hydrogens is 638 g/mol. The molecule has 1 aromatic carbocycles. The molecule has 0 bridgehead atoms. The number of aromatic nitrogens is 1. The normalized spacial score (nSPS) is 27.9. The molecule has 0 spiro atoms. The lowest BCUT2D eigenvalue weighted by atomic mass is 10.0. The minimum atomic E-state index is -1.11. The Morgan fingerprint density at radius 2 is 1.67 bits per heavy atom. The van der Waals surface area contributed by atoms with Crippen molar-refractivity contribution in [3.63, 3.8) is 0 Å². The quantitative estimate of drug-likeness (QED) is 0.469. The Morgan fingerprint density at radius 3 is 2.33 bits per heavy atom. The van der Waals surface area contributed by atoms with Crippen molar-refractivity contribution >= 4 is 23.6 Å². The van der Waals surface area contributed by atoms with Crippen LogP contribution in [-0.4, -0.2) is 143 Å². The molecule has 3 saturated heterocycles. The van der Waals surface area contributed by atoms with Gasteiger partial charge >= 0.3 is 6.09 Å². The fraction of sp³-hybridized carbons (Fsp3) is 0.600. The molecule has 6 atom stereocenters. The summed E-state index contributed by atoms with van der Waals surface area (Å²) >= 11 is 0. The molecule has 3 fully saturated rings. The monoisotopic (exact) mass is 684 g/mol. The Kier molecular flexibility index (Phi) is 10.4. The van der Waals surface area contributed by atoms with Crippen molar-refractivity contribution in [2.24, 2.45) is 0 Å². The Bertz CT molecular complexity index is 1540. The Morgan fingerprint density at radius 1 is 0.959 bits per heavy atom. The van der Waals surface area contributed by atoms with Crippen molar-refractivity contribution < 1.29 is 37.7 Å². The Hall–Kier alpha value is -3.88. The molecule has 2 unspecified atom stereocenters. The molecule has 266 valence electrons. The van der Waals surface area contributed by atoms with Gasteiger partial charge in [-0.25, -0.2) is 18.6 Å². The molecule has 4 aliphatic rings. The molecule has 5 heterocycles. The van der Waals surface area contributed by atoms with Crippen molar-refractivity contribution in [3.8, 4) is 5.88 Å². The first-order valence-electron chi connectivity index (χ1n) is 17.1. The summed E-state index contributed by atoms with van der Waals surface area (Å²) in [5, 5.41) is 9.95. The number of halogens is 2. The van der Waals surface area contributed by atoms with Crippen LogP contribution in [0.15, 0.2) is 30.3 Å². The predicted octanol–water partition coefficient (Wildman–Crippen LogP) is 3.27. The summed E-state index contributed by atoms with van der Waals surface area (Å²) in [7, 11) is 0. The SMILES string of the molecule is CC1COc2nc(C(=O)N3CCC(F)C3)c(Cc3ccc(F)cc3)cc2N1C(=O)CN1C[C@@H](C)N(C(=O)O)C[C@@H]1CN1[C@H](C)COC[C@H]1C. The summed E-state index contributed by atoms with van der Waals surface area (Å²) in [5.74, 6) is -0.859. The van der Waals surface area contributed by atoms with Gasteiger partial charge in [0.1, 0.15) is 30.0 Å². The van der Waals surface area contributed by atoms with E-state index in [9.17, 15) is 28.3 Å². The third-order valence-corrected chi connectivity index (χ3v) is 10.2. The smallest absolute Gasteiger partial charge is 0.407 e. The van der Waals surface area contributed by atoms with E-state index in [1.165, 1.54) is 21.9 Å². The van der Waals surface area contributed by atoms with Crippen LogP contribution in [0.5, 0.6) is 5.88 Å². The van der Waals surface area contributed by atoms with E-state index in [-0.39, 0.29) is 99.1 Å². The zero-order valence-electron chi connectivity index (χ0n) is 28.6. The van der Waals surface area contributed by atoms with Gasteiger partial charge in [-0.2, -0.15) is 0 Å². The highest BCUT2D eigenvalue weighted by molar-refractivity contribution is 5.99. The number of anilines is 1. The number of fused-ring (bicyclic) bond motifs is 1. The number of morpholine rings is 1. The summed E-state index contributed by atoms with van der Waals surface area (Å²) in [6.07, 6.45) is -1.60. The van der Waals surface area contributed by atoms with Crippen molar-refractivity contribution in [2.75, 3.05) is 64.0 Å². The molecule has 0 aliphatic carbocycles. The van der Waals surface area contributed by atoms with Gasteiger partial charge < -0.3 is 29.3 Å². The molecule has 6 rings (SSSR count). The van der Waals surface area contributed by atoms with Gasteiger partial charge in [-0.15, -0.1) is 0 Å². The number of pyridine rings is 1. The zero-order valence-corrected chi connectivity index (χ0v) is 28.6. The number of piperazine rings is 1. The number of carboxylic acid groups (broad SMARTS) is 1. The van der Waals surface area contributed by atoms with E-state index < -0.39 is 18.2 Å². The first-order valence-corrected chi connectivity index (χ1v) is 17.1. The van der Waals surface area contributed by atoms with Gasteiger partial charge in [-0.3, -0.25) is 19.4 Å². The maximum Gasteiger partial charge on any atom is 0.407 e. The van der Waals surface area contributed by atoms with E-state index in [1.54, 1.807) is 23.1 Å². The number of benzene rings is 1. The second kappa shape index (κ2) is 14.5. The highest BCUT2D eigenvalue weighted by Crippen LogP contribution is 2.36. The summed E-state index contributed by atoms with van der Waals surface area (Å²) in [6, 6.07) is 7.07. The second-order valence-corrected chi connectivity index (χ2v) is 14.0. The summed E-state index contributed by atoms with van der Waals surface area (Å²) in [4.78, 5) is 53.8. The van der Waals surface area contributed by atoms with Crippen molar-refractivity contribution in [3.05, 3.63) is 53.0 Å². The van der Waals surface area contributed by atoms with Gasteiger partial charge in [0.25, 0.3) is 5.91 Å².